The lowest BCUT2D eigenvalue weighted by molar-refractivity contribution is 0.174. The predicted octanol–water partition coefficient (Wildman–Crippen LogP) is 4.01. The van der Waals surface area contributed by atoms with Crippen molar-refractivity contribution in [3.05, 3.63) is 59.4 Å². The number of aryl methyl sites for hydroxylation is 1. The van der Waals surface area contributed by atoms with Crippen LogP contribution in [0.5, 0.6) is 11.5 Å². The van der Waals surface area contributed by atoms with E-state index in [1.54, 1.807) is 0 Å². The molecule has 1 aromatic heterocycles. The van der Waals surface area contributed by atoms with Crippen LogP contribution >= 0.6 is 0 Å². The second kappa shape index (κ2) is 5.97. The van der Waals surface area contributed by atoms with Crippen molar-refractivity contribution in [2.45, 2.75) is 26.4 Å². The van der Waals surface area contributed by atoms with Crippen molar-refractivity contribution in [1.82, 2.24) is 5.32 Å². The van der Waals surface area contributed by atoms with Gasteiger partial charge in [0.1, 0.15) is 11.3 Å². The molecule has 2 aromatic carbocycles. The van der Waals surface area contributed by atoms with Gasteiger partial charge in [-0.1, -0.05) is 31.2 Å². The van der Waals surface area contributed by atoms with Crippen LogP contribution in [0, 0.1) is 0 Å². The molecule has 2 heterocycles. The normalized spacial score (nSPS) is 12.9. The Morgan fingerprint density at radius 1 is 1.00 bits per heavy atom. The van der Waals surface area contributed by atoms with Gasteiger partial charge in [0.15, 0.2) is 11.5 Å². The maximum absolute atomic E-state index is 5.94. The first-order valence-corrected chi connectivity index (χ1v) is 7.93. The largest absolute Gasteiger partial charge is 0.461 e. The Bertz CT molecular complexity index is 838. The lowest BCUT2D eigenvalue weighted by atomic mass is 10.1. The highest BCUT2D eigenvalue weighted by Gasteiger charge is 2.14. The molecule has 3 aromatic rings. The molecule has 1 N–H and O–H groups in total. The van der Waals surface area contributed by atoms with E-state index in [4.69, 9.17) is 13.9 Å². The minimum absolute atomic E-state index is 0.313. The predicted molar refractivity (Wildman–Crippen MR) is 88.7 cm³/mol. The van der Waals surface area contributed by atoms with Gasteiger partial charge >= 0.3 is 0 Å². The average Bonchev–Trinajstić information content (AvgIpc) is 3.18. The van der Waals surface area contributed by atoms with Gasteiger partial charge in [-0.2, -0.15) is 0 Å². The third-order valence-electron chi connectivity index (χ3n) is 4.17. The number of hydrogen-bond donors (Lipinski definition) is 1. The van der Waals surface area contributed by atoms with Gasteiger partial charge in [0.05, 0.1) is 0 Å². The zero-order valence-corrected chi connectivity index (χ0v) is 13.1. The van der Waals surface area contributed by atoms with E-state index < -0.39 is 0 Å². The number of fused-ring (bicyclic) bond motifs is 2. The minimum Gasteiger partial charge on any atom is -0.461 e. The lowest BCUT2D eigenvalue weighted by Crippen LogP contribution is -2.13. The zero-order valence-electron chi connectivity index (χ0n) is 13.1. The second-order valence-electron chi connectivity index (χ2n) is 5.64. The van der Waals surface area contributed by atoms with Crippen molar-refractivity contribution in [2.24, 2.45) is 0 Å². The summed E-state index contributed by atoms with van der Waals surface area (Å²) in [4.78, 5) is 0. The number of para-hydroxylation sites is 1. The fraction of sp³-hybridized carbons (Fsp3) is 0.263. The van der Waals surface area contributed by atoms with Gasteiger partial charge in [-0.25, -0.2) is 0 Å². The molecule has 0 fully saturated rings. The summed E-state index contributed by atoms with van der Waals surface area (Å²) in [6, 6.07) is 14.3. The van der Waals surface area contributed by atoms with Gasteiger partial charge in [0, 0.05) is 30.5 Å². The van der Waals surface area contributed by atoms with E-state index in [-0.39, 0.29) is 0 Å². The van der Waals surface area contributed by atoms with Gasteiger partial charge in [-0.05, 0) is 23.8 Å². The number of benzene rings is 2. The average molecular weight is 309 g/mol. The fourth-order valence-electron chi connectivity index (χ4n) is 3.01. The standard InChI is InChI=1S/C19H19NO3/c1-2-16-15(14-5-3-4-6-17(14)23-16)11-20-10-13-7-8-18-19(9-13)22-12-21-18/h3-9,20H,2,10-12H2,1H3. The summed E-state index contributed by atoms with van der Waals surface area (Å²) in [6.45, 7) is 4.00. The highest BCUT2D eigenvalue weighted by Crippen LogP contribution is 2.32. The summed E-state index contributed by atoms with van der Waals surface area (Å²) in [5, 5.41) is 4.70. The van der Waals surface area contributed by atoms with Crippen LogP contribution in [0.4, 0.5) is 0 Å². The van der Waals surface area contributed by atoms with Gasteiger partial charge in [-0.3, -0.25) is 0 Å². The van der Waals surface area contributed by atoms with E-state index >= 15 is 0 Å². The number of furan rings is 1. The SMILES string of the molecule is CCc1oc2ccccc2c1CNCc1ccc2c(c1)OCO2. The third-order valence-corrected chi connectivity index (χ3v) is 4.17. The van der Waals surface area contributed by atoms with Gasteiger partial charge in [-0.15, -0.1) is 0 Å². The Morgan fingerprint density at radius 3 is 2.78 bits per heavy atom. The fourth-order valence-corrected chi connectivity index (χ4v) is 3.01. The van der Waals surface area contributed by atoms with E-state index in [1.165, 1.54) is 16.5 Å². The lowest BCUT2D eigenvalue weighted by Gasteiger charge is -2.06. The molecule has 0 bridgehead atoms. The van der Waals surface area contributed by atoms with Crippen LogP contribution in [0.1, 0.15) is 23.8 Å². The van der Waals surface area contributed by atoms with E-state index in [1.807, 2.05) is 24.3 Å². The number of hydrogen-bond acceptors (Lipinski definition) is 4. The second-order valence-corrected chi connectivity index (χ2v) is 5.64. The first kappa shape index (κ1) is 14.2. The molecule has 23 heavy (non-hydrogen) atoms. The molecule has 0 atom stereocenters. The molecule has 4 rings (SSSR count). The smallest absolute Gasteiger partial charge is 0.231 e. The van der Waals surface area contributed by atoms with Crippen LogP contribution in [0.15, 0.2) is 46.9 Å². The molecule has 1 aliphatic heterocycles. The molecule has 0 saturated carbocycles. The maximum atomic E-state index is 5.94. The highest BCUT2D eigenvalue weighted by atomic mass is 16.7. The van der Waals surface area contributed by atoms with Crippen LogP contribution in [-0.4, -0.2) is 6.79 Å². The topological polar surface area (TPSA) is 43.6 Å². The maximum Gasteiger partial charge on any atom is 0.231 e. The van der Waals surface area contributed by atoms with E-state index in [9.17, 15) is 0 Å². The summed E-state index contributed by atoms with van der Waals surface area (Å²) in [5.74, 6) is 2.71. The van der Waals surface area contributed by atoms with E-state index in [0.717, 1.165) is 42.4 Å². The Hall–Kier alpha value is -2.46. The molecule has 0 radical (unpaired) electrons. The summed E-state index contributed by atoms with van der Waals surface area (Å²) in [6.07, 6.45) is 0.899. The van der Waals surface area contributed by atoms with Gasteiger partial charge < -0.3 is 19.2 Å². The van der Waals surface area contributed by atoms with Crippen LogP contribution < -0.4 is 14.8 Å². The van der Waals surface area contributed by atoms with Crippen LogP contribution in [0.2, 0.25) is 0 Å². The van der Waals surface area contributed by atoms with Crippen molar-refractivity contribution < 1.29 is 13.9 Å². The number of ether oxygens (including phenoxy) is 2. The Kier molecular flexibility index (Phi) is 3.67. The minimum atomic E-state index is 0.313. The monoisotopic (exact) mass is 309 g/mol. The van der Waals surface area contributed by atoms with Crippen molar-refractivity contribution >= 4 is 11.0 Å². The van der Waals surface area contributed by atoms with Crippen molar-refractivity contribution in [1.29, 1.82) is 0 Å². The van der Waals surface area contributed by atoms with E-state index in [0.29, 0.717) is 6.79 Å². The molecule has 0 saturated heterocycles. The molecule has 1 aliphatic rings. The highest BCUT2D eigenvalue weighted by molar-refractivity contribution is 5.82. The number of rotatable bonds is 5. The van der Waals surface area contributed by atoms with Gasteiger partial charge in [0.25, 0.3) is 0 Å². The molecule has 4 heteroatoms. The molecule has 0 amide bonds. The van der Waals surface area contributed by atoms with Crippen LogP contribution in [0.3, 0.4) is 0 Å². The molecular weight excluding hydrogens is 290 g/mol. The quantitative estimate of drug-likeness (QED) is 0.773. The van der Waals surface area contributed by atoms with Crippen molar-refractivity contribution in [3.8, 4) is 11.5 Å². The first-order valence-electron chi connectivity index (χ1n) is 7.93. The molecule has 4 nitrogen and oxygen atoms in total. The zero-order chi connectivity index (χ0) is 15.6. The van der Waals surface area contributed by atoms with Crippen molar-refractivity contribution in [3.63, 3.8) is 0 Å². The van der Waals surface area contributed by atoms with Crippen molar-refractivity contribution in [2.75, 3.05) is 6.79 Å². The summed E-state index contributed by atoms with van der Waals surface area (Å²) in [7, 11) is 0. The Labute approximate surface area is 135 Å². The summed E-state index contributed by atoms with van der Waals surface area (Å²) >= 11 is 0. The molecular formula is C19H19NO3. The Morgan fingerprint density at radius 2 is 1.87 bits per heavy atom. The molecule has 0 aliphatic carbocycles. The molecule has 0 unspecified atom stereocenters. The molecule has 0 spiro atoms. The summed E-state index contributed by atoms with van der Waals surface area (Å²) < 4.78 is 16.7. The number of nitrogens with one attached hydrogen (secondary N) is 1. The third kappa shape index (κ3) is 2.66. The molecule has 118 valence electrons. The van der Waals surface area contributed by atoms with Crippen LogP contribution in [-0.2, 0) is 19.5 Å². The van der Waals surface area contributed by atoms with Gasteiger partial charge in [0.2, 0.25) is 6.79 Å². The van der Waals surface area contributed by atoms with Crippen LogP contribution in [0.25, 0.3) is 11.0 Å². The first-order chi connectivity index (χ1) is 11.3. The Balaban J connectivity index is 1.49. The summed E-state index contributed by atoms with van der Waals surface area (Å²) in [5.41, 5.74) is 3.40. The van der Waals surface area contributed by atoms with E-state index in [2.05, 4.69) is 30.4 Å².